The Hall–Kier alpha value is -3.73. The van der Waals surface area contributed by atoms with Gasteiger partial charge in [0.2, 0.25) is 5.91 Å². The molecule has 11 heteroatoms. The highest BCUT2D eigenvalue weighted by molar-refractivity contribution is 7.20. The maximum absolute atomic E-state index is 13.6. The van der Waals surface area contributed by atoms with Gasteiger partial charge in [-0.3, -0.25) is 19.0 Å². The average Bonchev–Trinajstić information content (AvgIpc) is 3.38. The van der Waals surface area contributed by atoms with E-state index in [1.807, 2.05) is 58.7 Å². The summed E-state index contributed by atoms with van der Waals surface area (Å²) in [6, 6.07) is 7.55. The predicted molar refractivity (Wildman–Crippen MR) is 184 cm³/mol. The SMILES string of the molecule is C1CCCCC1.C=O.CC.CCNC(=O)c1sc2c(c1C)c(=O)n(C(C)(C)C(N)=O)c(=O)n2CCc1ccccc1OC(C)C. The van der Waals surface area contributed by atoms with Crippen molar-refractivity contribution in [1.29, 1.82) is 0 Å². The molecule has 1 aromatic carbocycles. The van der Waals surface area contributed by atoms with Crippen LogP contribution in [0.1, 0.15) is 108 Å². The molecule has 3 aromatic rings. The summed E-state index contributed by atoms with van der Waals surface area (Å²) in [6.07, 6.45) is 9.41. The van der Waals surface area contributed by atoms with E-state index in [0.29, 0.717) is 34.0 Å². The number of aromatic nitrogens is 2. The second kappa shape index (κ2) is 18.9. The largest absolute Gasteiger partial charge is 0.491 e. The van der Waals surface area contributed by atoms with Crippen LogP contribution >= 0.6 is 11.3 Å². The van der Waals surface area contributed by atoms with Gasteiger partial charge in [-0.05, 0) is 65.2 Å². The highest BCUT2D eigenvalue weighted by Crippen LogP contribution is 2.29. The molecule has 1 saturated carbocycles. The van der Waals surface area contributed by atoms with Gasteiger partial charge in [-0.2, -0.15) is 0 Å². The molecule has 45 heavy (non-hydrogen) atoms. The molecule has 3 N–H and O–H groups in total. The Balaban J connectivity index is 0.000000878. The molecule has 4 rings (SSSR count). The summed E-state index contributed by atoms with van der Waals surface area (Å²) >= 11 is 1.09. The number of fused-ring (bicyclic) bond motifs is 1. The number of para-hydroxylation sites is 1. The zero-order valence-corrected chi connectivity index (χ0v) is 29.1. The first-order valence-corrected chi connectivity index (χ1v) is 16.6. The molecule has 0 saturated heterocycles. The van der Waals surface area contributed by atoms with Crippen molar-refractivity contribution in [2.45, 2.75) is 119 Å². The van der Waals surface area contributed by atoms with Crippen LogP contribution in [0, 0.1) is 6.92 Å². The molecule has 10 nitrogen and oxygen atoms in total. The van der Waals surface area contributed by atoms with Crippen LogP contribution < -0.4 is 27.0 Å². The van der Waals surface area contributed by atoms with Gasteiger partial charge in [0.25, 0.3) is 11.5 Å². The highest BCUT2D eigenvalue weighted by Gasteiger charge is 2.34. The number of hydrogen-bond acceptors (Lipinski definition) is 7. The summed E-state index contributed by atoms with van der Waals surface area (Å²) in [4.78, 5) is 60.8. The second-order valence-electron chi connectivity index (χ2n) is 11.2. The summed E-state index contributed by atoms with van der Waals surface area (Å²) in [5.74, 6) is -0.418. The van der Waals surface area contributed by atoms with Crippen LogP contribution in [-0.2, 0) is 28.1 Å². The summed E-state index contributed by atoms with van der Waals surface area (Å²) in [5, 5.41) is 2.98. The normalized spacial score (nSPS) is 12.6. The van der Waals surface area contributed by atoms with Crippen LogP contribution in [0.4, 0.5) is 0 Å². The fourth-order valence-electron chi connectivity index (χ4n) is 4.98. The monoisotopic (exact) mass is 644 g/mol. The molecule has 0 bridgehead atoms. The smallest absolute Gasteiger partial charge is 0.333 e. The molecule has 2 heterocycles. The Morgan fingerprint density at radius 3 is 2.07 bits per heavy atom. The molecule has 0 atom stereocenters. The maximum Gasteiger partial charge on any atom is 0.333 e. The van der Waals surface area contributed by atoms with Crippen molar-refractivity contribution in [3.05, 3.63) is 61.1 Å². The number of primary amides is 1. The minimum Gasteiger partial charge on any atom is -0.491 e. The zero-order chi connectivity index (χ0) is 34.3. The van der Waals surface area contributed by atoms with Gasteiger partial charge in [-0.15, -0.1) is 11.3 Å². The summed E-state index contributed by atoms with van der Waals surface area (Å²) in [6.45, 7) is 16.8. The first-order chi connectivity index (χ1) is 21.4. The van der Waals surface area contributed by atoms with Crippen molar-refractivity contribution in [3.8, 4) is 5.75 Å². The molecule has 0 aliphatic heterocycles. The molecule has 1 aliphatic rings. The lowest BCUT2D eigenvalue weighted by atomic mass is 10.0. The molecule has 1 fully saturated rings. The van der Waals surface area contributed by atoms with Crippen LogP contribution in [0.5, 0.6) is 5.75 Å². The number of amides is 2. The van der Waals surface area contributed by atoms with Gasteiger partial charge in [0.05, 0.1) is 16.4 Å². The number of benzene rings is 1. The highest BCUT2D eigenvalue weighted by atomic mass is 32.1. The van der Waals surface area contributed by atoms with E-state index in [1.165, 1.54) is 56.9 Å². The number of thiophene rings is 1. The fraction of sp³-hybridized carbons (Fsp3) is 0.559. The van der Waals surface area contributed by atoms with Gasteiger partial charge >= 0.3 is 5.69 Å². The standard InChI is InChI=1S/C25H32N4O5S.C6H12.C2H6.CH2O/c1-7-27-20(30)19-15(4)18-21(31)29(25(5,6)23(26)32)24(33)28(22(18)35-19)13-12-16-10-8-9-11-17(16)34-14(2)3;1-2-4-6-5-3-1;2*1-2/h8-11,14H,7,12-13H2,1-6H3,(H2,26,32)(H,27,30);1-6H2;1-2H3;1H2. The number of ether oxygens (including phenoxy) is 1. The van der Waals surface area contributed by atoms with Crippen LogP contribution in [0.15, 0.2) is 33.9 Å². The lowest BCUT2D eigenvalue weighted by Gasteiger charge is -2.24. The minimum absolute atomic E-state index is 0.0246. The Morgan fingerprint density at radius 2 is 1.58 bits per heavy atom. The number of nitrogens with two attached hydrogens (primary N) is 1. The molecular weight excluding hydrogens is 592 g/mol. The van der Waals surface area contributed by atoms with Crippen molar-refractivity contribution < 1.29 is 19.1 Å². The van der Waals surface area contributed by atoms with Crippen LogP contribution in [-0.4, -0.2) is 40.4 Å². The number of rotatable bonds is 9. The molecule has 2 amide bonds. The molecule has 250 valence electrons. The Bertz CT molecular complexity index is 1500. The van der Waals surface area contributed by atoms with E-state index in [0.717, 1.165) is 21.5 Å². The molecule has 0 radical (unpaired) electrons. The number of carbonyl (C=O) groups excluding carboxylic acids is 3. The van der Waals surface area contributed by atoms with Crippen molar-refractivity contribution in [3.63, 3.8) is 0 Å². The van der Waals surface area contributed by atoms with Crippen molar-refractivity contribution >= 4 is 40.2 Å². The van der Waals surface area contributed by atoms with E-state index < -0.39 is 22.7 Å². The number of carbonyl (C=O) groups is 3. The van der Waals surface area contributed by atoms with Gasteiger partial charge in [0.15, 0.2) is 0 Å². The van der Waals surface area contributed by atoms with Crippen LogP contribution in [0.3, 0.4) is 0 Å². The van der Waals surface area contributed by atoms with Gasteiger partial charge in [-0.1, -0.05) is 70.6 Å². The van der Waals surface area contributed by atoms with E-state index >= 15 is 0 Å². The zero-order valence-electron chi connectivity index (χ0n) is 28.3. The van der Waals surface area contributed by atoms with E-state index in [9.17, 15) is 19.2 Å². The molecule has 0 unspecified atom stereocenters. The van der Waals surface area contributed by atoms with Crippen LogP contribution in [0.2, 0.25) is 0 Å². The lowest BCUT2D eigenvalue weighted by Crippen LogP contribution is -2.54. The molecule has 1 aliphatic carbocycles. The van der Waals surface area contributed by atoms with Gasteiger partial charge < -0.3 is 20.6 Å². The summed E-state index contributed by atoms with van der Waals surface area (Å²) < 4.78 is 8.26. The topological polar surface area (TPSA) is 142 Å². The molecule has 2 aromatic heterocycles. The lowest BCUT2D eigenvalue weighted by molar-refractivity contribution is -0.125. The third-order valence-corrected chi connectivity index (χ3v) is 8.67. The van der Waals surface area contributed by atoms with E-state index in [1.54, 1.807) is 13.8 Å². The second-order valence-corrected chi connectivity index (χ2v) is 12.2. The third kappa shape index (κ3) is 9.88. The maximum atomic E-state index is 13.6. The van der Waals surface area contributed by atoms with Crippen molar-refractivity contribution in [1.82, 2.24) is 14.5 Å². The van der Waals surface area contributed by atoms with Crippen molar-refractivity contribution in [2.75, 3.05) is 6.54 Å². The summed E-state index contributed by atoms with van der Waals surface area (Å²) in [7, 11) is 0. The number of hydrogen-bond donors (Lipinski definition) is 2. The quantitative estimate of drug-likeness (QED) is 0.305. The predicted octanol–water partition coefficient (Wildman–Crippen LogP) is 5.72. The Kier molecular flexibility index (Phi) is 16.5. The first kappa shape index (κ1) is 39.3. The van der Waals surface area contributed by atoms with E-state index in [-0.39, 0.29) is 23.9 Å². The van der Waals surface area contributed by atoms with Crippen molar-refractivity contribution in [2.24, 2.45) is 5.73 Å². The van der Waals surface area contributed by atoms with Crippen LogP contribution in [0.25, 0.3) is 10.2 Å². The summed E-state index contributed by atoms with van der Waals surface area (Å²) in [5.41, 5.74) is 4.07. The average molecular weight is 645 g/mol. The minimum atomic E-state index is -1.57. The fourth-order valence-corrected chi connectivity index (χ4v) is 6.21. The van der Waals surface area contributed by atoms with E-state index in [2.05, 4.69) is 5.32 Å². The number of nitrogens with one attached hydrogen (secondary N) is 1. The third-order valence-electron chi connectivity index (χ3n) is 7.36. The Labute approximate surface area is 271 Å². The Morgan fingerprint density at radius 1 is 1.04 bits per heavy atom. The van der Waals surface area contributed by atoms with Gasteiger partial charge in [0, 0.05) is 13.1 Å². The van der Waals surface area contributed by atoms with E-state index in [4.69, 9.17) is 15.3 Å². The molecule has 0 spiro atoms. The molecular formula is C34H52N4O6S. The van der Waals surface area contributed by atoms with Gasteiger partial charge in [0.1, 0.15) is 22.9 Å². The first-order valence-electron chi connectivity index (χ1n) is 15.8. The van der Waals surface area contributed by atoms with Gasteiger partial charge in [-0.25, -0.2) is 9.36 Å². The number of nitrogens with zero attached hydrogens (tertiary/aromatic N) is 2. The number of aryl methyl sites for hydroxylation is 3.